The zero-order valence-electron chi connectivity index (χ0n) is 11.5. The second-order valence-corrected chi connectivity index (χ2v) is 4.41. The summed E-state index contributed by atoms with van der Waals surface area (Å²) in [7, 11) is 1.66. The molecule has 0 aliphatic carbocycles. The van der Waals surface area contributed by atoms with Gasteiger partial charge < -0.3 is 4.74 Å². The number of nitrogens with one attached hydrogen (secondary N) is 1. The molecule has 3 nitrogen and oxygen atoms in total. The van der Waals surface area contributed by atoms with Gasteiger partial charge in [-0.05, 0) is 38.1 Å². The summed E-state index contributed by atoms with van der Waals surface area (Å²) in [6, 6.07) is 16.0. The second kappa shape index (κ2) is 6.05. The van der Waals surface area contributed by atoms with E-state index in [2.05, 4.69) is 29.6 Å². The minimum absolute atomic E-state index is 0.836. The highest BCUT2D eigenvalue weighted by Crippen LogP contribution is 2.14. The summed E-state index contributed by atoms with van der Waals surface area (Å²) in [5.41, 5.74) is 7.23. The van der Waals surface area contributed by atoms with Crippen LogP contribution in [0, 0.1) is 6.92 Å². The lowest BCUT2D eigenvalue weighted by Gasteiger charge is -2.05. The second-order valence-electron chi connectivity index (χ2n) is 4.41. The fourth-order valence-electron chi connectivity index (χ4n) is 1.69. The average molecular weight is 254 g/mol. The van der Waals surface area contributed by atoms with E-state index in [1.165, 1.54) is 5.56 Å². The van der Waals surface area contributed by atoms with Crippen LogP contribution < -0.4 is 10.2 Å². The van der Waals surface area contributed by atoms with E-state index in [-0.39, 0.29) is 0 Å². The molecule has 0 heterocycles. The zero-order valence-corrected chi connectivity index (χ0v) is 11.5. The van der Waals surface area contributed by atoms with Crippen LogP contribution in [0.25, 0.3) is 0 Å². The molecule has 19 heavy (non-hydrogen) atoms. The Bertz CT molecular complexity index is 574. The van der Waals surface area contributed by atoms with E-state index in [0.717, 1.165) is 22.7 Å². The van der Waals surface area contributed by atoms with E-state index in [4.69, 9.17) is 4.74 Å². The molecule has 0 spiro atoms. The summed E-state index contributed by atoms with van der Waals surface area (Å²) in [5.74, 6) is 0.836. The van der Waals surface area contributed by atoms with Crippen LogP contribution in [0.15, 0.2) is 53.6 Å². The molecule has 0 saturated heterocycles. The molecular weight excluding hydrogens is 236 g/mol. The van der Waals surface area contributed by atoms with Gasteiger partial charge in [-0.25, -0.2) is 0 Å². The molecule has 0 fully saturated rings. The molecule has 2 aromatic carbocycles. The third-order valence-corrected chi connectivity index (χ3v) is 2.89. The van der Waals surface area contributed by atoms with E-state index in [9.17, 15) is 0 Å². The van der Waals surface area contributed by atoms with Gasteiger partial charge in [-0.15, -0.1) is 0 Å². The summed E-state index contributed by atoms with van der Waals surface area (Å²) in [5, 5.41) is 4.38. The van der Waals surface area contributed by atoms with E-state index in [1.54, 1.807) is 7.11 Å². The van der Waals surface area contributed by atoms with E-state index in [1.807, 2.05) is 43.3 Å². The first-order valence-electron chi connectivity index (χ1n) is 6.20. The Hall–Kier alpha value is -2.29. The van der Waals surface area contributed by atoms with Crippen molar-refractivity contribution in [2.75, 3.05) is 12.5 Å². The molecule has 0 atom stereocenters. The van der Waals surface area contributed by atoms with Crippen LogP contribution in [0.1, 0.15) is 18.1 Å². The summed E-state index contributed by atoms with van der Waals surface area (Å²) in [6.07, 6.45) is 0. The van der Waals surface area contributed by atoms with Crippen LogP contribution in [0.3, 0.4) is 0 Å². The molecule has 0 aromatic heterocycles. The van der Waals surface area contributed by atoms with Crippen molar-refractivity contribution in [2.45, 2.75) is 13.8 Å². The monoisotopic (exact) mass is 254 g/mol. The fourth-order valence-corrected chi connectivity index (χ4v) is 1.69. The average Bonchev–Trinajstić information content (AvgIpc) is 2.46. The van der Waals surface area contributed by atoms with Crippen LogP contribution in [-0.4, -0.2) is 12.8 Å². The quantitative estimate of drug-likeness (QED) is 0.664. The van der Waals surface area contributed by atoms with Crippen LogP contribution in [0.5, 0.6) is 5.75 Å². The molecule has 0 radical (unpaired) electrons. The van der Waals surface area contributed by atoms with Gasteiger partial charge in [0, 0.05) is 5.56 Å². The predicted molar refractivity (Wildman–Crippen MR) is 80.0 cm³/mol. The molecule has 1 N–H and O–H groups in total. The summed E-state index contributed by atoms with van der Waals surface area (Å²) in [6.45, 7) is 4.03. The number of hydrogen-bond acceptors (Lipinski definition) is 3. The number of methoxy groups -OCH3 is 1. The van der Waals surface area contributed by atoms with Crippen molar-refractivity contribution in [1.82, 2.24) is 0 Å². The van der Waals surface area contributed by atoms with Gasteiger partial charge in [0.15, 0.2) is 0 Å². The van der Waals surface area contributed by atoms with E-state index >= 15 is 0 Å². The van der Waals surface area contributed by atoms with E-state index < -0.39 is 0 Å². The Morgan fingerprint density at radius 3 is 2.53 bits per heavy atom. The molecule has 3 heteroatoms. The van der Waals surface area contributed by atoms with Gasteiger partial charge in [-0.1, -0.05) is 29.8 Å². The summed E-state index contributed by atoms with van der Waals surface area (Å²) >= 11 is 0. The van der Waals surface area contributed by atoms with Crippen LogP contribution in [0.2, 0.25) is 0 Å². The van der Waals surface area contributed by atoms with Gasteiger partial charge in [0.25, 0.3) is 0 Å². The molecule has 98 valence electrons. The molecule has 0 aliphatic heterocycles. The van der Waals surface area contributed by atoms with Crippen molar-refractivity contribution in [3.05, 3.63) is 59.7 Å². The van der Waals surface area contributed by atoms with Gasteiger partial charge in [0.2, 0.25) is 0 Å². The standard InChI is InChI=1S/C16H18N2O/c1-12-7-9-15(10-8-12)18-17-13(2)14-5-4-6-16(11-14)19-3/h4-11,18H,1-3H3/b17-13-. The predicted octanol–water partition coefficient (Wildman–Crippen LogP) is 3.84. The third-order valence-electron chi connectivity index (χ3n) is 2.89. The Kier molecular flexibility index (Phi) is 4.18. The number of hydrazone groups is 1. The van der Waals surface area contributed by atoms with Crippen molar-refractivity contribution in [2.24, 2.45) is 5.10 Å². The molecule has 0 saturated carbocycles. The van der Waals surface area contributed by atoms with Gasteiger partial charge >= 0.3 is 0 Å². The van der Waals surface area contributed by atoms with Gasteiger partial charge in [0.1, 0.15) is 5.75 Å². The Labute approximate surface area is 113 Å². The number of anilines is 1. The molecular formula is C16H18N2O. The van der Waals surface area contributed by atoms with Crippen LogP contribution in [-0.2, 0) is 0 Å². The number of rotatable bonds is 4. The molecule has 0 bridgehead atoms. The minimum Gasteiger partial charge on any atom is -0.497 e. The SMILES string of the molecule is COc1cccc(/C(C)=N\Nc2ccc(C)cc2)c1. The topological polar surface area (TPSA) is 33.6 Å². The molecule has 0 unspecified atom stereocenters. The van der Waals surface area contributed by atoms with Crippen molar-refractivity contribution in [1.29, 1.82) is 0 Å². The van der Waals surface area contributed by atoms with Crippen molar-refractivity contribution in [3.8, 4) is 5.75 Å². The van der Waals surface area contributed by atoms with Crippen LogP contribution >= 0.6 is 0 Å². The summed E-state index contributed by atoms with van der Waals surface area (Å²) in [4.78, 5) is 0. The lowest BCUT2D eigenvalue weighted by atomic mass is 10.1. The maximum absolute atomic E-state index is 5.21. The Morgan fingerprint density at radius 1 is 1.11 bits per heavy atom. The lowest BCUT2D eigenvalue weighted by molar-refractivity contribution is 0.414. The highest BCUT2D eigenvalue weighted by molar-refractivity contribution is 5.99. The maximum atomic E-state index is 5.21. The first kappa shape index (κ1) is 13.1. The van der Waals surface area contributed by atoms with Gasteiger partial charge in [-0.3, -0.25) is 5.43 Å². The van der Waals surface area contributed by atoms with Gasteiger partial charge in [0.05, 0.1) is 18.5 Å². The van der Waals surface area contributed by atoms with Gasteiger partial charge in [-0.2, -0.15) is 5.10 Å². The Balaban J connectivity index is 2.11. The maximum Gasteiger partial charge on any atom is 0.119 e. The summed E-state index contributed by atoms with van der Waals surface area (Å²) < 4.78 is 5.21. The molecule has 0 aliphatic rings. The first-order chi connectivity index (χ1) is 9.19. The van der Waals surface area contributed by atoms with E-state index in [0.29, 0.717) is 0 Å². The first-order valence-corrected chi connectivity index (χ1v) is 6.20. The third kappa shape index (κ3) is 3.58. The number of hydrogen-bond donors (Lipinski definition) is 1. The highest BCUT2D eigenvalue weighted by atomic mass is 16.5. The van der Waals surface area contributed by atoms with Crippen LogP contribution in [0.4, 0.5) is 5.69 Å². The normalized spacial score (nSPS) is 11.2. The van der Waals surface area contributed by atoms with Crippen molar-refractivity contribution < 1.29 is 4.74 Å². The lowest BCUT2D eigenvalue weighted by Crippen LogP contribution is -2.00. The smallest absolute Gasteiger partial charge is 0.119 e. The largest absolute Gasteiger partial charge is 0.497 e. The van der Waals surface area contributed by atoms with Crippen molar-refractivity contribution in [3.63, 3.8) is 0 Å². The molecule has 2 aromatic rings. The molecule has 0 amide bonds. The molecule has 2 rings (SSSR count). The highest BCUT2D eigenvalue weighted by Gasteiger charge is 1.99. The number of aryl methyl sites for hydroxylation is 1. The zero-order chi connectivity index (χ0) is 13.7. The number of benzene rings is 2. The minimum atomic E-state index is 0.836. The fraction of sp³-hybridized carbons (Fsp3) is 0.188. The number of nitrogens with zero attached hydrogens (tertiary/aromatic N) is 1. The Morgan fingerprint density at radius 2 is 1.84 bits per heavy atom. The number of ether oxygens (including phenoxy) is 1. The van der Waals surface area contributed by atoms with Crippen molar-refractivity contribution >= 4 is 11.4 Å².